The fraction of sp³-hybridized carbons (Fsp3) is 0.296. The molecule has 1 amide bonds. The van der Waals surface area contributed by atoms with E-state index in [0.717, 1.165) is 29.7 Å². The van der Waals surface area contributed by atoms with Crippen molar-refractivity contribution in [2.45, 2.75) is 25.4 Å². The Labute approximate surface area is 198 Å². The van der Waals surface area contributed by atoms with Crippen LogP contribution in [0.4, 0.5) is 8.78 Å². The van der Waals surface area contributed by atoms with Gasteiger partial charge in [0.2, 0.25) is 5.91 Å². The molecule has 0 fully saturated rings. The van der Waals surface area contributed by atoms with Crippen molar-refractivity contribution in [1.82, 2.24) is 10.2 Å². The van der Waals surface area contributed by atoms with Crippen LogP contribution in [0.5, 0.6) is 11.5 Å². The van der Waals surface area contributed by atoms with Crippen LogP contribution in [0, 0.1) is 11.6 Å². The van der Waals surface area contributed by atoms with E-state index in [1.807, 2.05) is 42.5 Å². The van der Waals surface area contributed by atoms with E-state index in [2.05, 4.69) is 10.2 Å². The molecule has 0 saturated carbocycles. The Hall–Kier alpha value is -3.45. The number of amides is 1. The maximum atomic E-state index is 14.0. The highest BCUT2D eigenvalue weighted by Crippen LogP contribution is 2.35. The molecule has 1 aliphatic heterocycles. The molecule has 1 unspecified atom stereocenters. The highest BCUT2D eigenvalue weighted by molar-refractivity contribution is 5.83. The van der Waals surface area contributed by atoms with E-state index in [1.165, 1.54) is 11.6 Å². The first-order valence-corrected chi connectivity index (χ1v) is 11.2. The van der Waals surface area contributed by atoms with Crippen molar-refractivity contribution in [1.29, 1.82) is 0 Å². The van der Waals surface area contributed by atoms with Crippen molar-refractivity contribution in [2.24, 2.45) is 0 Å². The van der Waals surface area contributed by atoms with Crippen molar-refractivity contribution in [3.8, 4) is 11.5 Å². The van der Waals surface area contributed by atoms with Crippen molar-refractivity contribution in [3.63, 3.8) is 0 Å². The average molecular weight is 467 g/mol. The van der Waals surface area contributed by atoms with Crippen LogP contribution < -0.4 is 14.8 Å². The van der Waals surface area contributed by atoms with E-state index in [9.17, 15) is 13.6 Å². The number of nitrogens with zero attached hydrogens (tertiary/aromatic N) is 1. The highest BCUT2D eigenvalue weighted by Gasteiger charge is 2.31. The van der Waals surface area contributed by atoms with Gasteiger partial charge in [-0.2, -0.15) is 0 Å². The molecule has 4 rings (SSSR count). The van der Waals surface area contributed by atoms with Crippen molar-refractivity contribution < 1.29 is 23.0 Å². The third kappa shape index (κ3) is 5.20. The van der Waals surface area contributed by atoms with Gasteiger partial charge in [0.15, 0.2) is 11.5 Å². The minimum atomic E-state index is -0.514. The number of fused-ring (bicyclic) bond motifs is 1. The Morgan fingerprint density at radius 3 is 2.41 bits per heavy atom. The zero-order valence-electron chi connectivity index (χ0n) is 19.3. The Kier molecular flexibility index (Phi) is 7.43. The number of carbonyl (C=O) groups is 1. The highest BCUT2D eigenvalue weighted by atomic mass is 19.1. The summed E-state index contributed by atoms with van der Waals surface area (Å²) in [5.41, 5.74) is 3.37. The van der Waals surface area contributed by atoms with E-state index < -0.39 is 17.7 Å². The lowest BCUT2D eigenvalue weighted by atomic mass is 9.95. The molecular weight excluding hydrogens is 438 g/mol. The smallest absolute Gasteiger partial charge is 0.241 e. The molecule has 1 aliphatic rings. The molecule has 0 radical (unpaired) electrons. The number of hydrogen-bond donors (Lipinski definition) is 1. The molecule has 34 heavy (non-hydrogen) atoms. The maximum Gasteiger partial charge on any atom is 0.241 e. The van der Waals surface area contributed by atoms with Gasteiger partial charge in [0.1, 0.15) is 17.7 Å². The lowest BCUT2D eigenvalue weighted by Gasteiger charge is -2.35. The third-order valence-electron chi connectivity index (χ3n) is 6.18. The number of hydrogen-bond acceptors (Lipinski definition) is 4. The summed E-state index contributed by atoms with van der Waals surface area (Å²) in [4.78, 5) is 15.5. The van der Waals surface area contributed by atoms with Crippen LogP contribution in [-0.2, 0) is 24.2 Å². The van der Waals surface area contributed by atoms with Crippen LogP contribution in [0.15, 0.2) is 60.7 Å². The monoisotopic (exact) mass is 466 g/mol. The first kappa shape index (κ1) is 23.7. The molecule has 7 heteroatoms. The summed E-state index contributed by atoms with van der Waals surface area (Å²) in [5, 5.41) is 2.92. The number of ether oxygens (including phenoxy) is 2. The van der Waals surface area contributed by atoms with Crippen LogP contribution in [0.25, 0.3) is 0 Å². The largest absolute Gasteiger partial charge is 0.493 e. The number of nitrogens with one attached hydrogen (secondary N) is 1. The fourth-order valence-electron chi connectivity index (χ4n) is 4.44. The molecular formula is C27H28F2N2O3. The fourth-order valence-corrected chi connectivity index (χ4v) is 4.44. The van der Waals surface area contributed by atoms with Gasteiger partial charge in [-0.15, -0.1) is 0 Å². The van der Waals surface area contributed by atoms with E-state index in [4.69, 9.17) is 9.47 Å². The second kappa shape index (κ2) is 10.7. The maximum absolute atomic E-state index is 14.0. The summed E-state index contributed by atoms with van der Waals surface area (Å²) in [6, 6.07) is 16.4. The van der Waals surface area contributed by atoms with E-state index >= 15 is 0 Å². The van der Waals surface area contributed by atoms with E-state index in [0.29, 0.717) is 24.6 Å². The van der Waals surface area contributed by atoms with Crippen LogP contribution >= 0.6 is 0 Å². The van der Waals surface area contributed by atoms with Crippen LogP contribution in [0.3, 0.4) is 0 Å². The average Bonchev–Trinajstić information content (AvgIpc) is 2.86. The zero-order valence-corrected chi connectivity index (χ0v) is 19.3. The Balaban J connectivity index is 1.53. The molecule has 0 bridgehead atoms. The van der Waals surface area contributed by atoms with Crippen molar-refractivity contribution in [2.75, 3.05) is 27.3 Å². The molecule has 178 valence electrons. The summed E-state index contributed by atoms with van der Waals surface area (Å²) in [7, 11) is 3.22. The van der Waals surface area contributed by atoms with Gasteiger partial charge in [0.25, 0.3) is 0 Å². The first-order chi connectivity index (χ1) is 16.5. The van der Waals surface area contributed by atoms with Crippen LogP contribution in [0.2, 0.25) is 0 Å². The summed E-state index contributed by atoms with van der Waals surface area (Å²) in [6.07, 6.45) is 0.970. The molecule has 0 saturated heterocycles. The number of carbonyl (C=O) groups excluding carboxylic acids is 1. The minimum absolute atomic E-state index is 0.174. The molecule has 0 aromatic heterocycles. The van der Waals surface area contributed by atoms with Crippen LogP contribution in [-0.4, -0.2) is 38.1 Å². The lowest BCUT2D eigenvalue weighted by Crippen LogP contribution is -2.43. The third-order valence-corrected chi connectivity index (χ3v) is 6.18. The second-order valence-electron chi connectivity index (χ2n) is 8.29. The van der Waals surface area contributed by atoms with Crippen LogP contribution in [0.1, 0.15) is 28.3 Å². The van der Waals surface area contributed by atoms with Gasteiger partial charge in [-0.25, -0.2) is 8.78 Å². The first-order valence-electron chi connectivity index (χ1n) is 11.2. The van der Waals surface area contributed by atoms with Gasteiger partial charge < -0.3 is 14.8 Å². The molecule has 0 aliphatic carbocycles. The molecule has 1 N–H and O–H groups in total. The van der Waals surface area contributed by atoms with Gasteiger partial charge in [-0.3, -0.25) is 9.69 Å². The van der Waals surface area contributed by atoms with Crippen molar-refractivity contribution >= 4 is 5.91 Å². The second-order valence-corrected chi connectivity index (χ2v) is 8.29. The minimum Gasteiger partial charge on any atom is -0.493 e. The topological polar surface area (TPSA) is 50.8 Å². The molecule has 3 aromatic carbocycles. The quantitative estimate of drug-likeness (QED) is 0.533. The Morgan fingerprint density at radius 2 is 1.71 bits per heavy atom. The molecule has 1 heterocycles. The molecule has 5 nitrogen and oxygen atoms in total. The standard InChI is InChI=1S/C27H28F2N2O3/c1-33-24-15-19-11-13-31(17-21(19)16-25(24)34-2)26(18-6-4-3-5-7-18)27(32)30-12-10-20-14-22(28)8-9-23(20)29/h3-9,14-16,26H,10-13,17H2,1-2H3,(H,30,32). The number of methoxy groups -OCH3 is 2. The number of rotatable bonds is 8. The summed E-state index contributed by atoms with van der Waals surface area (Å²) >= 11 is 0. The normalized spacial score (nSPS) is 14.2. The molecule has 0 spiro atoms. The lowest BCUT2D eigenvalue weighted by molar-refractivity contribution is -0.127. The molecule has 1 atom stereocenters. The van der Waals surface area contributed by atoms with Gasteiger partial charge in [-0.1, -0.05) is 30.3 Å². The predicted octanol–water partition coefficient (Wildman–Crippen LogP) is 4.44. The van der Waals surface area contributed by atoms with Gasteiger partial charge >= 0.3 is 0 Å². The number of benzene rings is 3. The SMILES string of the molecule is COc1cc2c(cc1OC)CN(C(C(=O)NCCc1cc(F)ccc1F)c1ccccc1)CC2. The number of halogens is 2. The van der Waals surface area contributed by atoms with E-state index in [-0.39, 0.29) is 24.4 Å². The van der Waals surface area contributed by atoms with Gasteiger partial charge in [-0.05, 0) is 65.4 Å². The van der Waals surface area contributed by atoms with E-state index in [1.54, 1.807) is 14.2 Å². The Morgan fingerprint density at radius 1 is 1.00 bits per heavy atom. The van der Waals surface area contributed by atoms with Crippen molar-refractivity contribution in [3.05, 3.63) is 94.6 Å². The summed E-state index contributed by atoms with van der Waals surface area (Å²) in [5.74, 6) is 0.195. The summed E-state index contributed by atoms with van der Waals surface area (Å²) in [6.45, 7) is 1.47. The predicted molar refractivity (Wildman–Crippen MR) is 126 cm³/mol. The van der Waals surface area contributed by atoms with Gasteiger partial charge in [0.05, 0.1) is 14.2 Å². The molecule has 3 aromatic rings. The summed E-state index contributed by atoms with van der Waals surface area (Å²) < 4.78 is 38.3. The zero-order chi connectivity index (χ0) is 24.1. The Bertz CT molecular complexity index is 1150. The van der Waals surface area contributed by atoms with Gasteiger partial charge in [0, 0.05) is 19.6 Å².